The number of nitrogens with zero attached hydrogens (tertiary/aromatic N) is 2. The van der Waals surface area contributed by atoms with Crippen LogP contribution in [-0.4, -0.2) is 49.7 Å². The van der Waals surface area contributed by atoms with E-state index in [1.165, 1.54) is 6.42 Å². The molecule has 0 N–H and O–H groups in total. The number of amides is 1. The average molecular weight is 365 g/mol. The monoisotopic (exact) mass is 364 g/mol. The largest absolute Gasteiger partial charge is 0.339 e. The highest BCUT2D eigenvalue weighted by molar-refractivity contribution is 7.89. The Kier molecular flexibility index (Phi) is 5.49. The van der Waals surface area contributed by atoms with Crippen LogP contribution in [0.5, 0.6) is 0 Å². The molecule has 0 spiro atoms. The number of sulfonamides is 1. The quantitative estimate of drug-likeness (QED) is 0.828. The second kappa shape index (κ2) is 7.46. The first-order chi connectivity index (χ1) is 11.9. The molecule has 2 saturated heterocycles. The first-order valence-electron chi connectivity index (χ1n) is 9.27. The third kappa shape index (κ3) is 4.06. The van der Waals surface area contributed by atoms with Crippen LogP contribution in [0.3, 0.4) is 0 Å². The van der Waals surface area contributed by atoms with Gasteiger partial charge >= 0.3 is 0 Å². The van der Waals surface area contributed by atoms with E-state index < -0.39 is 10.0 Å². The fraction of sp³-hybridized carbons (Fsp3) is 0.632. The summed E-state index contributed by atoms with van der Waals surface area (Å²) in [5.41, 5.74) is 0.571. The topological polar surface area (TPSA) is 57.7 Å². The molecule has 2 fully saturated rings. The van der Waals surface area contributed by atoms with Crippen molar-refractivity contribution in [2.24, 2.45) is 11.8 Å². The second-order valence-corrected chi connectivity index (χ2v) is 9.58. The highest BCUT2D eigenvalue weighted by Gasteiger charge is 2.31. The van der Waals surface area contributed by atoms with E-state index in [4.69, 9.17) is 0 Å². The van der Waals surface area contributed by atoms with Gasteiger partial charge in [0.1, 0.15) is 0 Å². The van der Waals surface area contributed by atoms with Gasteiger partial charge in [0, 0.05) is 31.7 Å². The molecule has 2 atom stereocenters. The summed E-state index contributed by atoms with van der Waals surface area (Å²) in [5.74, 6) is 0.751. The van der Waals surface area contributed by atoms with E-state index >= 15 is 0 Å². The molecule has 138 valence electrons. The minimum atomic E-state index is -3.49. The number of hydrogen-bond donors (Lipinski definition) is 0. The number of piperidine rings is 2. The summed E-state index contributed by atoms with van der Waals surface area (Å²) in [6.45, 7) is 6.92. The zero-order valence-corrected chi connectivity index (χ0v) is 16.0. The van der Waals surface area contributed by atoms with Crippen LogP contribution in [0.2, 0.25) is 0 Å². The normalized spacial score (nSPS) is 25.8. The standard InChI is InChI=1S/C19H28N2O3S/c1-15-12-16(2)14-21(13-15)25(23,24)18-8-6-17(7-9-18)19(22)20-10-4-3-5-11-20/h6-9,15-16H,3-5,10-14H2,1-2H3/t15-,16-/m0/s1. The molecule has 3 rings (SSSR count). The highest BCUT2D eigenvalue weighted by atomic mass is 32.2. The fourth-order valence-electron chi connectivity index (χ4n) is 4.00. The third-order valence-corrected chi connectivity index (χ3v) is 7.06. The van der Waals surface area contributed by atoms with E-state index in [1.54, 1.807) is 28.6 Å². The molecule has 2 heterocycles. The van der Waals surface area contributed by atoms with Crippen LogP contribution in [0.1, 0.15) is 49.9 Å². The predicted octanol–water partition coefficient (Wildman–Crippen LogP) is 2.98. The van der Waals surface area contributed by atoms with Crippen molar-refractivity contribution in [3.8, 4) is 0 Å². The van der Waals surface area contributed by atoms with E-state index in [0.717, 1.165) is 32.4 Å². The molecular formula is C19H28N2O3S. The maximum absolute atomic E-state index is 12.9. The Morgan fingerprint density at radius 1 is 0.960 bits per heavy atom. The van der Waals surface area contributed by atoms with Gasteiger partial charge in [-0.05, 0) is 61.8 Å². The van der Waals surface area contributed by atoms with Crippen LogP contribution in [-0.2, 0) is 10.0 Å². The lowest BCUT2D eigenvalue weighted by molar-refractivity contribution is 0.0724. The van der Waals surface area contributed by atoms with Gasteiger partial charge < -0.3 is 4.90 Å². The van der Waals surface area contributed by atoms with Crippen LogP contribution in [0.25, 0.3) is 0 Å². The van der Waals surface area contributed by atoms with Crippen molar-refractivity contribution in [2.45, 2.75) is 44.4 Å². The third-order valence-electron chi connectivity index (χ3n) is 5.22. The van der Waals surface area contributed by atoms with Gasteiger partial charge in [-0.1, -0.05) is 13.8 Å². The molecule has 1 aromatic rings. The molecule has 25 heavy (non-hydrogen) atoms. The van der Waals surface area contributed by atoms with Crippen molar-refractivity contribution in [1.29, 1.82) is 0 Å². The van der Waals surface area contributed by atoms with Gasteiger partial charge in [0.2, 0.25) is 10.0 Å². The summed E-state index contributed by atoms with van der Waals surface area (Å²) >= 11 is 0. The number of carbonyl (C=O) groups excluding carboxylic acids is 1. The Bertz CT molecular complexity index is 699. The minimum absolute atomic E-state index is 0.00358. The van der Waals surface area contributed by atoms with Gasteiger partial charge in [-0.15, -0.1) is 0 Å². The van der Waals surface area contributed by atoms with Gasteiger partial charge in [-0.2, -0.15) is 4.31 Å². The molecular weight excluding hydrogens is 336 g/mol. The van der Waals surface area contributed by atoms with E-state index in [1.807, 2.05) is 4.90 Å². The first-order valence-corrected chi connectivity index (χ1v) is 10.7. The lowest BCUT2D eigenvalue weighted by atomic mass is 9.94. The first kappa shape index (κ1) is 18.4. The highest BCUT2D eigenvalue weighted by Crippen LogP contribution is 2.27. The molecule has 0 saturated carbocycles. The molecule has 1 aromatic carbocycles. The molecule has 1 amide bonds. The van der Waals surface area contributed by atoms with Crippen LogP contribution in [0, 0.1) is 11.8 Å². The zero-order valence-electron chi connectivity index (χ0n) is 15.1. The van der Waals surface area contributed by atoms with Crippen LogP contribution >= 0.6 is 0 Å². The second-order valence-electron chi connectivity index (χ2n) is 7.65. The van der Waals surface area contributed by atoms with Crippen LogP contribution in [0.15, 0.2) is 29.2 Å². The van der Waals surface area contributed by atoms with Gasteiger partial charge in [0.05, 0.1) is 4.90 Å². The van der Waals surface area contributed by atoms with Gasteiger partial charge in [-0.25, -0.2) is 8.42 Å². The number of rotatable bonds is 3. The zero-order chi connectivity index (χ0) is 18.0. The smallest absolute Gasteiger partial charge is 0.253 e. The summed E-state index contributed by atoms with van der Waals surface area (Å²) in [4.78, 5) is 14.7. The SMILES string of the molecule is C[C@H]1C[C@H](C)CN(S(=O)(=O)c2ccc(C(=O)N3CCCCC3)cc2)C1. The summed E-state index contributed by atoms with van der Waals surface area (Å²) in [6, 6.07) is 6.47. The molecule has 0 aromatic heterocycles. The van der Waals surface area contributed by atoms with Gasteiger partial charge in [0.25, 0.3) is 5.91 Å². The fourth-order valence-corrected chi connectivity index (χ4v) is 5.68. The van der Waals surface area contributed by atoms with E-state index in [9.17, 15) is 13.2 Å². The Morgan fingerprint density at radius 3 is 2.08 bits per heavy atom. The molecule has 0 bridgehead atoms. The molecule has 2 aliphatic rings. The summed E-state index contributed by atoms with van der Waals surface area (Å²) < 4.78 is 27.4. The van der Waals surface area contributed by atoms with Crippen LogP contribution in [0.4, 0.5) is 0 Å². The molecule has 6 heteroatoms. The van der Waals surface area contributed by atoms with Gasteiger partial charge in [-0.3, -0.25) is 4.79 Å². The lowest BCUT2D eigenvalue weighted by Gasteiger charge is -2.34. The molecule has 0 aliphatic carbocycles. The van der Waals surface area contributed by atoms with E-state index in [0.29, 0.717) is 30.5 Å². The number of benzene rings is 1. The maximum Gasteiger partial charge on any atom is 0.253 e. The molecule has 0 unspecified atom stereocenters. The maximum atomic E-state index is 12.9. The Labute approximate surface area is 151 Å². The van der Waals surface area contributed by atoms with Crippen LogP contribution < -0.4 is 0 Å². The minimum Gasteiger partial charge on any atom is -0.339 e. The molecule has 2 aliphatic heterocycles. The van der Waals surface area contributed by atoms with Crippen molar-refractivity contribution in [3.63, 3.8) is 0 Å². The van der Waals surface area contributed by atoms with Crippen molar-refractivity contribution in [3.05, 3.63) is 29.8 Å². The van der Waals surface area contributed by atoms with Crippen molar-refractivity contribution in [2.75, 3.05) is 26.2 Å². The van der Waals surface area contributed by atoms with Crippen molar-refractivity contribution < 1.29 is 13.2 Å². The van der Waals surface area contributed by atoms with E-state index in [2.05, 4.69) is 13.8 Å². The predicted molar refractivity (Wildman–Crippen MR) is 97.9 cm³/mol. The summed E-state index contributed by atoms with van der Waals surface area (Å²) in [5, 5.41) is 0. The molecule has 0 radical (unpaired) electrons. The van der Waals surface area contributed by atoms with Crippen molar-refractivity contribution in [1.82, 2.24) is 9.21 Å². The molecule has 5 nitrogen and oxygen atoms in total. The number of hydrogen-bond acceptors (Lipinski definition) is 3. The Balaban J connectivity index is 1.75. The number of likely N-dealkylation sites (tertiary alicyclic amines) is 1. The average Bonchev–Trinajstić information content (AvgIpc) is 2.61. The Morgan fingerprint density at radius 2 is 1.52 bits per heavy atom. The lowest BCUT2D eigenvalue weighted by Crippen LogP contribution is -2.42. The number of carbonyl (C=O) groups is 1. The summed E-state index contributed by atoms with van der Waals surface area (Å²) in [7, 11) is -3.49. The van der Waals surface area contributed by atoms with E-state index in [-0.39, 0.29) is 10.8 Å². The Hall–Kier alpha value is -1.40. The van der Waals surface area contributed by atoms with Crippen molar-refractivity contribution >= 4 is 15.9 Å². The summed E-state index contributed by atoms with van der Waals surface area (Å²) in [6.07, 6.45) is 4.33. The van der Waals surface area contributed by atoms with Gasteiger partial charge in [0.15, 0.2) is 0 Å².